The van der Waals surface area contributed by atoms with Gasteiger partial charge < -0.3 is 13.9 Å². The first-order chi connectivity index (χ1) is 13.1. The zero-order valence-electron chi connectivity index (χ0n) is 14.6. The topological polar surface area (TPSA) is 86.5 Å². The molecular weight excluding hydrogens is 373 g/mol. The normalized spacial score (nSPS) is 10.5. The Hall–Kier alpha value is -3.07. The Bertz CT molecular complexity index is 908. The fourth-order valence-electron chi connectivity index (χ4n) is 2.16. The van der Waals surface area contributed by atoms with Crippen LogP contribution >= 0.6 is 11.8 Å². The molecule has 2 aromatic carbocycles. The van der Waals surface area contributed by atoms with Crippen LogP contribution in [0.25, 0.3) is 11.5 Å². The summed E-state index contributed by atoms with van der Waals surface area (Å²) >= 11 is 1.27. The number of rotatable bonds is 7. The van der Waals surface area contributed by atoms with Crippen LogP contribution in [0.4, 0.5) is 10.4 Å². The van der Waals surface area contributed by atoms with Crippen molar-refractivity contribution in [1.29, 1.82) is 0 Å². The predicted octanol–water partition coefficient (Wildman–Crippen LogP) is 3.62. The molecule has 0 saturated heterocycles. The van der Waals surface area contributed by atoms with E-state index in [0.29, 0.717) is 17.1 Å². The number of methoxy groups -OCH3 is 2. The molecule has 0 atom stereocenters. The van der Waals surface area contributed by atoms with E-state index in [2.05, 4.69) is 15.5 Å². The lowest BCUT2D eigenvalue weighted by Gasteiger charge is -2.05. The van der Waals surface area contributed by atoms with Crippen LogP contribution < -0.4 is 14.8 Å². The van der Waals surface area contributed by atoms with Crippen molar-refractivity contribution in [3.8, 4) is 23.0 Å². The third kappa shape index (κ3) is 4.98. The number of carbonyl (C=O) groups excluding carboxylic acids is 1. The van der Waals surface area contributed by atoms with Gasteiger partial charge in [0.2, 0.25) is 11.8 Å². The van der Waals surface area contributed by atoms with E-state index in [1.54, 1.807) is 30.3 Å². The fraction of sp³-hybridized carbons (Fsp3) is 0.167. The fourth-order valence-corrected chi connectivity index (χ4v) is 2.85. The van der Waals surface area contributed by atoms with E-state index in [-0.39, 0.29) is 29.4 Å². The second-order valence-electron chi connectivity index (χ2n) is 5.30. The Morgan fingerprint density at radius 3 is 2.41 bits per heavy atom. The highest BCUT2D eigenvalue weighted by molar-refractivity contribution is 8.00. The molecular formula is C18H16FN3O4S. The Morgan fingerprint density at radius 1 is 1.11 bits per heavy atom. The van der Waals surface area contributed by atoms with Gasteiger partial charge in [-0.3, -0.25) is 10.1 Å². The molecule has 0 spiro atoms. The molecule has 3 rings (SSSR count). The standard InChI is InChI=1S/C18H16FN3O4S/c1-24-13-7-11(8-14(9-13)25-2)17-21-22-18(26-17)20-16(23)10-27-15-5-3-12(19)4-6-15/h3-9H,10H2,1-2H3,(H,20,22,23). The van der Waals surface area contributed by atoms with Crippen molar-refractivity contribution in [3.05, 3.63) is 48.3 Å². The van der Waals surface area contributed by atoms with E-state index >= 15 is 0 Å². The maximum Gasteiger partial charge on any atom is 0.322 e. The molecule has 9 heteroatoms. The zero-order valence-corrected chi connectivity index (χ0v) is 15.4. The molecule has 1 heterocycles. The molecule has 27 heavy (non-hydrogen) atoms. The first kappa shape index (κ1) is 18.7. The quantitative estimate of drug-likeness (QED) is 0.618. The van der Waals surface area contributed by atoms with Crippen molar-refractivity contribution in [2.45, 2.75) is 4.90 Å². The van der Waals surface area contributed by atoms with Gasteiger partial charge in [-0.2, -0.15) is 0 Å². The van der Waals surface area contributed by atoms with Crippen LogP contribution in [0, 0.1) is 5.82 Å². The summed E-state index contributed by atoms with van der Waals surface area (Å²) in [4.78, 5) is 12.8. The third-order valence-corrected chi connectivity index (χ3v) is 4.47. The van der Waals surface area contributed by atoms with Crippen molar-refractivity contribution in [2.75, 3.05) is 25.3 Å². The summed E-state index contributed by atoms with van der Waals surface area (Å²) in [5.41, 5.74) is 0.597. The van der Waals surface area contributed by atoms with Gasteiger partial charge in [0.15, 0.2) is 0 Å². The summed E-state index contributed by atoms with van der Waals surface area (Å²) in [7, 11) is 3.08. The number of anilines is 1. The van der Waals surface area contributed by atoms with E-state index in [0.717, 1.165) is 4.90 Å². The van der Waals surface area contributed by atoms with E-state index in [4.69, 9.17) is 13.9 Å². The van der Waals surface area contributed by atoms with Crippen LogP contribution in [0.3, 0.4) is 0 Å². The van der Waals surface area contributed by atoms with Gasteiger partial charge in [-0.1, -0.05) is 5.10 Å². The highest BCUT2D eigenvalue weighted by Gasteiger charge is 2.14. The first-order valence-corrected chi connectivity index (χ1v) is 8.81. The van der Waals surface area contributed by atoms with Crippen LogP contribution in [0.15, 0.2) is 51.8 Å². The van der Waals surface area contributed by atoms with Crippen molar-refractivity contribution in [1.82, 2.24) is 10.2 Å². The van der Waals surface area contributed by atoms with Crippen LogP contribution in [0.2, 0.25) is 0 Å². The molecule has 0 unspecified atom stereocenters. The van der Waals surface area contributed by atoms with Crippen molar-refractivity contribution in [2.24, 2.45) is 0 Å². The van der Waals surface area contributed by atoms with E-state index in [9.17, 15) is 9.18 Å². The second kappa shape index (κ2) is 8.54. The minimum atomic E-state index is -0.323. The molecule has 0 aliphatic carbocycles. The molecule has 140 valence electrons. The SMILES string of the molecule is COc1cc(OC)cc(-c2nnc(NC(=O)CSc3ccc(F)cc3)o2)c1. The number of ether oxygens (including phenoxy) is 2. The number of hydrogen-bond acceptors (Lipinski definition) is 7. The van der Waals surface area contributed by atoms with Gasteiger partial charge in [0, 0.05) is 16.5 Å². The van der Waals surface area contributed by atoms with Crippen molar-refractivity contribution >= 4 is 23.7 Å². The zero-order chi connectivity index (χ0) is 19.2. The van der Waals surface area contributed by atoms with Crippen molar-refractivity contribution < 1.29 is 23.1 Å². The molecule has 0 aliphatic rings. The average molecular weight is 389 g/mol. The summed E-state index contributed by atoms with van der Waals surface area (Å²) < 4.78 is 28.8. The minimum absolute atomic E-state index is 0.0171. The van der Waals surface area contributed by atoms with Gasteiger partial charge in [-0.05, 0) is 36.4 Å². The predicted molar refractivity (Wildman–Crippen MR) is 98.6 cm³/mol. The Kier molecular flexibility index (Phi) is 5.92. The molecule has 0 fully saturated rings. The number of aromatic nitrogens is 2. The van der Waals surface area contributed by atoms with Gasteiger partial charge in [0.25, 0.3) is 0 Å². The lowest BCUT2D eigenvalue weighted by Crippen LogP contribution is -2.14. The van der Waals surface area contributed by atoms with Crippen LogP contribution in [-0.2, 0) is 4.79 Å². The van der Waals surface area contributed by atoms with Gasteiger partial charge in [0.05, 0.1) is 20.0 Å². The molecule has 0 aliphatic heterocycles. The van der Waals surface area contributed by atoms with Crippen molar-refractivity contribution in [3.63, 3.8) is 0 Å². The molecule has 1 aromatic heterocycles. The number of hydrogen-bond donors (Lipinski definition) is 1. The smallest absolute Gasteiger partial charge is 0.322 e. The summed E-state index contributed by atoms with van der Waals surface area (Å²) in [6.07, 6.45) is 0. The number of halogens is 1. The van der Waals surface area contributed by atoms with E-state index < -0.39 is 0 Å². The molecule has 1 N–H and O–H groups in total. The van der Waals surface area contributed by atoms with Gasteiger partial charge >= 0.3 is 6.01 Å². The number of nitrogens with zero attached hydrogens (tertiary/aromatic N) is 2. The second-order valence-corrected chi connectivity index (χ2v) is 6.35. The number of carbonyl (C=O) groups is 1. The van der Waals surface area contributed by atoms with Gasteiger partial charge in [-0.15, -0.1) is 16.9 Å². The van der Waals surface area contributed by atoms with Gasteiger partial charge in [-0.25, -0.2) is 4.39 Å². The summed E-state index contributed by atoms with van der Waals surface area (Å²) in [6, 6.07) is 11.0. The summed E-state index contributed by atoms with van der Waals surface area (Å²) in [5, 5.41) is 10.3. The number of thioether (sulfide) groups is 1. The monoisotopic (exact) mass is 389 g/mol. The lowest BCUT2D eigenvalue weighted by atomic mass is 10.2. The highest BCUT2D eigenvalue weighted by atomic mass is 32.2. The van der Waals surface area contributed by atoms with Gasteiger partial charge in [0.1, 0.15) is 17.3 Å². The maximum absolute atomic E-state index is 12.9. The summed E-state index contributed by atoms with van der Waals surface area (Å²) in [5.74, 6) is 0.844. The Balaban J connectivity index is 1.63. The highest BCUT2D eigenvalue weighted by Crippen LogP contribution is 2.29. The Labute approximate surface area is 158 Å². The number of nitrogens with one attached hydrogen (secondary N) is 1. The first-order valence-electron chi connectivity index (χ1n) is 7.82. The maximum atomic E-state index is 12.9. The number of benzene rings is 2. The molecule has 0 radical (unpaired) electrons. The third-order valence-electron chi connectivity index (χ3n) is 3.45. The minimum Gasteiger partial charge on any atom is -0.497 e. The van der Waals surface area contributed by atoms with E-state index in [1.165, 1.54) is 38.1 Å². The number of amides is 1. The molecule has 0 saturated carbocycles. The average Bonchev–Trinajstić information content (AvgIpc) is 3.15. The molecule has 7 nitrogen and oxygen atoms in total. The largest absolute Gasteiger partial charge is 0.497 e. The van der Waals surface area contributed by atoms with Crippen LogP contribution in [0.5, 0.6) is 11.5 Å². The molecule has 3 aromatic rings. The Morgan fingerprint density at radius 2 is 1.78 bits per heavy atom. The molecule has 1 amide bonds. The van der Waals surface area contributed by atoms with E-state index in [1.807, 2.05) is 0 Å². The van der Waals surface area contributed by atoms with Crippen LogP contribution in [-0.4, -0.2) is 36.1 Å². The van der Waals surface area contributed by atoms with Crippen LogP contribution in [0.1, 0.15) is 0 Å². The summed E-state index contributed by atoms with van der Waals surface area (Å²) in [6.45, 7) is 0. The molecule has 0 bridgehead atoms. The lowest BCUT2D eigenvalue weighted by molar-refractivity contribution is -0.113.